The molecule has 0 amide bonds. The zero-order valence-corrected chi connectivity index (χ0v) is 14.1. The Morgan fingerprint density at radius 1 is 0.833 bits per heavy atom. The maximum absolute atomic E-state index is 12.1. The number of carbonyl (C=O) groups is 2. The van der Waals surface area contributed by atoms with Gasteiger partial charge in [0.25, 0.3) is 0 Å². The summed E-state index contributed by atoms with van der Waals surface area (Å²) in [6, 6.07) is 0. The minimum Gasteiger partial charge on any atom is -0.465 e. The van der Waals surface area contributed by atoms with Crippen molar-refractivity contribution in [3.63, 3.8) is 0 Å². The predicted octanol–water partition coefficient (Wildman–Crippen LogP) is 1.84. The molecule has 2 saturated carbocycles. The standard InChI is InChI=1S/C18H26O6/c1-10(8-21-17(19)11-2-4-13-15(6-11)23-13)9-22-18(20)12-3-5-14-16(7-12)24-14/h10-16H,2-9H2,1H3. The fourth-order valence-corrected chi connectivity index (χ4v) is 3.97. The molecule has 0 N–H and O–H groups in total. The van der Waals surface area contributed by atoms with Crippen molar-refractivity contribution in [3.05, 3.63) is 0 Å². The molecule has 24 heavy (non-hydrogen) atoms. The molecular weight excluding hydrogens is 312 g/mol. The lowest BCUT2D eigenvalue weighted by molar-refractivity contribution is -0.154. The first-order chi connectivity index (χ1) is 11.6. The number of esters is 2. The van der Waals surface area contributed by atoms with E-state index in [1.54, 1.807) is 0 Å². The van der Waals surface area contributed by atoms with E-state index in [2.05, 4.69) is 0 Å². The third-order valence-electron chi connectivity index (χ3n) is 5.70. The average molecular weight is 338 g/mol. The van der Waals surface area contributed by atoms with Crippen LogP contribution in [0.15, 0.2) is 0 Å². The van der Waals surface area contributed by atoms with Gasteiger partial charge in [0, 0.05) is 5.92 Å². The molecule has 6 nitrogen and oxygen atoms in total. The van der Waals surface area contributed by atoms with Gasteiger partial charge in [0.15, 0.2) is 0 Å². The summed E-state index contributed by atoms with van der Waals surface area (Å²) in [5.74, 6) is -0.313. The van der Waals surface area contributed by atoms with Crippen LogP contribution in [0.1, 0.15) is 45.4 Å². The number of epoxide rings is 2. The van der Waals surface area contributed by atoms with E-state index in [-0.39, 0.29) is 41.9 Å². The number of carbonyl (C=O) groups excluding carboxylic acids is 2. The van der Waals surface area contributed by atoms with Crippen molar-refractivity contribution in [2.24, 2.45) is 17.8 Å². The molecular formula is C18H26O6. The second-order valence-electron chi connectivity index (χ2n) is 7.81. The summed E-state index contributed by atoms with van der Waals surface area (Å²) >= 11 is 0. The molecule has 6 unspecified atom stereocenters. The van der Waals surface area contributed by atoms with Crippen molar-refractivity contribution in [1.29, 1.82) is 0 Å². The van der Waals surface area contributed by atoms with Crippen LogP contribution in [0.5, 0.6) is 0 Å². The zero-order chi connectivity index (χ0) is 16.7. The van der Waals surface area contributed by atoms with E-state index >= 15 is 0 Å². The highest BCUT2D eigenvalue weighted by Gasteiger charge is 2.47. The second-order valence-corrected chi connectivity index (χ2v) is 7.81. The van der Waals surface area contributed by atoms with Gasteiger partial charge in [0.1, 0.15) is 0 Å². The molecule has 4 aliphatic rings. The van der Waals surface area contributed by atoms with Crippen LogP contribution >= 0.6 is 0 Å². The number of rotatable bonds is 6. The van der Waals surface area contributed by atoms with E-state index in [0.29, 0.717) is 25.4 Å². The third-order valence-corrected chi connectivity index (χ3v) is 5.70. The summed E-state index contributed by atoms with van der Waals surface area (Å²) in [6.07, 6.45) is 6.56. The van der Waals surface area contributed by atoms with Gasteiger partial charge in [-0.1, -0.05) is 6.92 Å². The summed E-state index contributed by atoms with van der Waals surface area (Å²) in [7, 11) is 0. The van der Waals surface area contributed by atoms with Gasteiger partial charge in [0.05, 0.1) is 49.5 Å². The highest BCUT2D eigenvalue weighted by atomic mass is 16.6. The van der Waals surface area contributed by atoms with E-state index in [0.717, 1.165) is 38.5 Å². The minimum absolute atomic E-state index is 0.0138. The van der Waals surface area contributed by atoms with Crippen LogP contribution in [0.2, 0.25) is 0 Å². The zero-order valence-electron chi connectivity index (χ0n) is 14.1. The van der Waals surface area contributed by atoms with Crippen LogP contribution in [0.4, 0.5) is 0 Å². The van der Waals surface area contributed by atoms with Crippen molar-refractivity contribution in [1.82, 2.24) is 0 Å². The van der Waals surface area contributed by atoms with E-state index in [1.807, 2.05) is 6.92 Å². The van der Waals surface area contributed by atoms with Crippen LogP contribution in [-0.4, -0.2) is 49.6 Å². The van der Waals surface area contributed by atoms with Crippen molar-refractivity contribution < 1.29 is 28.5 Å². The monoisotopic (exact) mass is 338 g/mol. The maximum atomic E-state index is 12.1. The summed E-state index contributed by atoms with van der Waals surface area (Å²) in [4.78, 5) is 24.2. The SMILES string of the molecule is CC(COC(=O)C1CCC2OC2C1)COC(=O)C1CCC2OC2C1. The van der Waals surface area contributed by atoms with Crippen molar-refractivity contribution in [2.45, 2.75) is 69.9 Å². The van der Waals surface area contributed by atoms with Crippen molar-refractivity contribution in [3.8, 4) is 0 Å². The molecule has 4 rings (SSSR count). The van der Waals surface area contributed by atoms with Crippen molar-refractivity contribution >= 4 is 11.9 Å². The fourth-order valence-electron chi connectivity index (χ4n) is 3.97. The first-order valence-corrected chi connectivity index (χ1v) is 9.24. The molecule has 4 fully saturated rings. The van der Waals surface area contributed by atoms with Crippen molar-refractivity contribution in [2.75, 3.05) is 13.2 Å². The number of hydrogen-bond acceptors (Lipinski definition) is 6. The Bertz CT molecular complexity index is 462. The molecule has 0 radical (unpaired) electrons. The Kier molecular flexibility index (Phi) is 4.52. The van der Waals surface area contributed by atoms with E-state index < -0.39 is 0 Å². The molecule has 6 heteroatoms. The Morgan fingerprint density at radius 2 is 1.29 bits per heavy atom. The van der Waals surface area contributed by atoms with Gasteiger partial charge in [-0.15, -0.1) is 0 Å². The van der Waals surface area contributed by atoms with Crippen LogP contribution in [0, 0.1) is 17.8 Å². The predicted molar refractivity (Wildman–Crippen MR) is 83.1 cm³/mol. The molecule has 0 spiro atoms. The Balaban J connectivity index is 1.12. The number of fused-ring (bicyclic) bond motifs is 2. The summed E-state index contributed by atoms with van der Waals surface area (Å²) < 4.78 is 21.7. The lowest BCUT2D eigenvalue weighted by Crippen LogP contribution is -2.28. The van der Waals surface area contributed by atoms with Gasteiger partial charge in [-0.05, 0) is 38.5 Å². The molecule has 0 bridgehead atoms. The third kappa shape index (κ3) is 3.75. The maximum Gasteiger partial charge on any atom is 0.309 e. The summed E-state index contributed by atoms with van der Waals surface area (Å²) in [6.45, 7) is 2.54. The molecule has 0 aromatic carbocycles. The van der Waals surface area contributed by atoms with Gasteiger partial charge >= 0.3 is 11.9 Å². The van der Waals surface area contributed by atoms with Crippen LogP contribution in [0.25, 0.3) is 0 Å². The molecule has 134 valence electrons. The smallest absolute Gasteiger partial charge is 0.309 e. The molecule has 6 atom stereocenters. The first kappa shape index (κ1) is 16.3. The van der Waals surface area contributed by atoms with Crippen LogP contribution in [0.3, 0.4) is 0 Å². The fraction of sp³-hybridized carbons (Fsp3) is 0.889. The summed E-state index contributed by atoms with van der Waals surface area (Å²) in [5.41, 5.74) is 0. The van der Waals surface area contributed by atoms with Gasteiger partial charge in [-0.3, -0.25) is 9.59 Å². The van der Waals surface area contributed by atoms with Gasteiger partial charge in [-0.25, -0.2) is 0 Å². The summed E-state index contributed by atoms with van der Waals surface area (Å²) in [5, 5.41) is 0. The Hall–Kier alpha value is -1.14. The molecule has 0 aromatic rings. The quantitative estimate of drug-likeness (QED) is 0.543. The van der Waals surface area contributed by atoms with Gasteiger partial charge in [-0.2, -0.15) is 0 Å². The van der Waals surface area contributed by atoms with E-state index in [4.69, 9.17) is 18.9 Å². The highest BCUT2D eigenvalue weighted by Crippen LogP contribution is 2.40. The lowest BCUT2D eigenvalue weighted by Gasteiger charge is -2.21. The topological polar surface area (TPSA) is 77.7 Å². The Morgan fingerprint density at radius 3 is 1.71 bits per heavy atom. The first-order valence-electron chi connectivity index (χ1n) is 9.24. The molecule has 2 heterocycles. The van der Waals surface area contributed by atoms with Crippen LogP contribution < -0.4 is 0 Å². The number of ether oxygens (including phenoxy) is 4. The molecule has 0 aromatic heterocycles. The minimum atomic E-state index is -0.133. The highest BCUT2D eigenvalue weighted by molar-refractivity contribution is 5.73. The average Bonchev–Trinajstić information content (AvgIpc) is 3.49. The van der Waals surface area contributed by atoms with Gasteiger partial charge in [0.2, 0.25) is 0 Å². The molecule has 2 aliphatic heterocycles. The van der Waals surface area contributed by atoms with Gasteiger partial charge < -0.3 is 18.9 Å². The Labute approximate surface area is 142 Å². The number of hydrogen-bond donors (Lipinski definition) is 0. The van der Waals surface area contributed by atoms with E-state index in [1.165, 1.54) is 0 Å². The normalized spacial score (nSPS) is 40.7. The second kappa shape index (κ2) is 6.64. The largest absolute Gasteiger partial charge is 0.465 e. The molecule has 2 aliphatic carbocycles. The van der Waals surface area contributed by atoms with E-state index in [9.17, 15) is 9.59 Å². The lowest BCUT2D eigenvalue weighted by atomic mass is 9.89. The molecule has 2 saturated heterocycles. The van der Waals surface area contributed by atoms with Crippen LogP contribution in [-0.2, 0) is 28.5 Å².